The molecule has 0 aliphatic rings. The van der Waals surface area contributed by atoms with Crippen LogP contribution in [-0.4, -0.2) is 47.7 Å². The lowest BCUT2D eigenvalue weighted by molar-refractivity contribution is -0.145. The number of likely N-dealkylation sites (N-methyl/N-ethyl adjacent to an activating group) is 1. The SMILES string of the molecule is CCC(CCCN(CC(C)C)C(C)C)(NC)C(=O)O. The van der Waals surface area contributed by atoms with E-state index in [2.05, 4.69) is 37.9 Å². The molecule has 0 bridgehead atoms. The van der Waals surface area contributed by atoms with E-state index in [0.29, 0.717) is 24.8 Å². The maximum absolute atomic E-state index is 11.4. The van der Waals surface area contributed by atoms with Crippen molar-refractivity contribution in [1.29, 1.82) is 0 Å². The molecule has 0 spiro atoms. The average molecular weight is 272 g/mol. The van der Waals surface area contributed by atoms with Crippen LogP contribution >= 0.6 is 0 Å². The first-order valence-electron chi connectivity index (χ1n) is 7.45. The summed E-state index contributed by atoms with van der Waals surface area (Å²) in [6.07, 6.45) is 2.20. The molecule has 0 rings (SSSR count). The Bertz CT molecular complexity index is 261. The zero-order valence-corrected chi connectivity index (χ0v) is 13.5. The molecule has 4 nitrogen and oxygen atoms in total. The standard InChI is InChI=1S/C15H32N2O2/c1-7-15(16-6,14(18)19)9-8-10-17(13(4)5)11-12(2)3/h12-13,16H,7-11H2,1-6H3,(H,18,19). The molecule has 0 fully saturated rings. The fourth-order valence-corrected chi connectivity index (χ4v) is 2.46. The van der Waals surface area contributed by atoms with Crippen LogP contribution in [0.1, 0.15) is 53.9 Å². The van der Waals surface area contributed by atoms with Gasteiger partial charge in [0.15, 0.2) is 0 Å². The number of carboxylic acid groups (broad SMARTS) is 1. The molecule has 0 saturated heterocycles. The van der Waals surface area contributed by atoms with Crippen molar-refractivity contribution in [3.05, 3.63) is 0 Å². The number of nitrogens with one attached hydrogen (secondary N) is 1. The molecule has 0 aromatic heterocycles. The van der Waals surface area contributed by atoms with Gasteiger partial charge in [-0.1, -0.05) is 20.8 Å². The van der Waals surface area contributed by atoms with Crippen LogP contribution in [0.4, 0.5) is 0 Å². The van der Waals surface area contributed by atoms with Gasteiger partial charge in [0.2, 0.25) is 0 Å². The van der Waals surface area contributed by atoms with Crippen LogP contribution in [0.2, 0.25) is 0 Å². The van der Waals surface area contributed by atoms with Gasteiger partial charge in [-0.25, -0.2) is 0 Å². The van der Waals surface area contributed by atoms with Crippen molar-refractivity contribution in [2.45, 2.75) is 65.5 Å². The minimum Gasteiger partial charge on any atom is -0.480 e. The first-order chi connectivity index (χ1) is 8.79. The first kappa shape index (κ1) is 18.4. The smallest absolute Gasteiger partial charge is 0.323 e. The Morgan fingerprint density at radius 1 is 1.32 bits per heavy atom. The van der Waals surface area contributed by atoms with E-state index < -0.39 is 11.5 Å². The van der Waals surface area contributed by atoms with E-state index in [1.807, 2.05) is 6.92 Å². The van der Waals surface area contributed by atoms with Crippen LogP contribution in [0.5, 0.6) is 0 Å². The molecule has 0 aromatic carbocycles. The van der Waals surface area contributed by atoms with Crippen LogP contribution in [0.25, 0.3) is 0 Å². The quantitative estimate of drug-likeness (QED) is 0.642. The Hall–Kier alpha value is -0.610. The second-order valence-corrected chi connectivity index (χ2v) is 6.08. The minimum atomic E-state index is -0.763. The van der Waals surface area contributed by atoms with E-state index in [0.717, 1.165) is 19.5 Å². The van der Waals surface area contributed by atoms with Crippen molar-refractivity contribution < 1.29 is 9.90 Å². The third-order valence-electron chi connectivity index (χ3n) is 3.87. The van der Waals surface area contributed by atoms with E-state index in [1.165, 1.54) is 0 Å². The molecule has 0 aliphatic carbocycles. The highest BCUT2D eigenvalue weighted by Gasteiger charge is 2.34. The predicted molar refractivity (Wildman–Crippen MR) is 80.5 cm³/mol. The Morgan fingerprint density at radius 2 is 1.89 bits per heavy atom. The van der Waals surface area contributed by atoms with Gasteiger partial charge in [0, 0.05) is 12.6 Å². The molecule has 114 valence electrons. The maximum atomic E-state index is 11.4. The topological polar surface area (TPSA) is 52.6 Å². The molecule has 0 aliphatic heterocycles. The van der Waals surface area contributed by atoms with Gasteiger partial charge in [-0.3, -0.25) is 4.79 Å². The second-order valence-electron chi connectivity index (χ2n) is 6.08. The number of aliphatic carboxylic acids is 1. The van der Waals surface area contributed by atoms with E-state index in [-0.39, 0.29) is 0 Å². The number of nitrogens with zero attached hydrogens (tertiary/aromatic N) is 1. The largest absolute Gasteiger partial charge is 0.480 e. The lowest BCUT2D eigenvalue weighted by Crippen LogP contribution is -2.50. The number of carboxylic acids is 1. The summed E-state index contributed by atoms with van der Waals surface area (Å²) in [5.74, 6) is -0.0976. The Morgan fingerprint density at radius 3 is 2.21 bits per heavy atom. The Labute approximate surface area is 118 Å². The molecular weight excluding hydrogens is 240 g/mol. The van der Waals surface area contributed by atoms with E-state index in [4.69, 9.17) is 0 Å². The van der Waals surface area contributed by atoms with Crippen molar-refractivity contribution in [3.63, 3.8) is 0 Å². The van der Waals surface area contributed by atoms with Crippen molar-refractivity contribution in [1.82, 2.24) is 10.2 Å². The van der Waals surface area contributed by atoms with E-state index >= 15 is 0 Å². The molecule has 19 heavy (non-hydrogen) atoms. The van der Waals surface area contributed by atoms with Crippen molar-refractivity contribution >= 4 is 5.97 Å². The van der Waals surface area contributed by atoms with Gasteiger partial charge in [0.25, 0.3) is 0 Å². The monoisotopic (exact) mass is 272 g/mol. The van der Waals surface area contributed by atoms with Crippen LogP contribution in [-0.2, 0) is 4.79 Å². The van der Waals surface area contributed by atoms with Crippen molar-refractivity contribution in [2.24, 2.45) is 5.92 Å². The van der Waals surface area contributed by atoms with Crippen LogP contribution in [0.15, 0.2) is 0 Å². The van der Waals surface area contributed by atoms with Gasteiger partial charge in [0.05, 0.1) is 0 Å². The van der Waals surface area contributed by atoms with Crippen molar-refractivity contribution in [3.8, 4) is 0 Å². The molecule has 2 N–H and O–H groups in total. The molecule has 0 saturated carbocycles. The summed E-state index contributed by atoms with van der Waals surface area (Å²) < 4.78 is 0. The van der Waals surface area contributed by atoms with Crippen LogP contribution in [0, 0.1) is 5.92 Å². The summed E-state index contributed by atoms with van der Waals surface area (Å²) in [5, 5.41) is 12.4. The molecule has 1 atom stereocenters. The molecule has 1 unspecified atom stereocenters. The lowest BCUT2D eigenvalue weighted by atomic mass is 9.90. The molecule has 0 aromatic rings. The first-order valence-corrected chi connectivity index (χ1v) is 7.45. The number of rotatable bonds is 10. The van der Waals surface area contributed by atoms with Gasteiger partial charge >= 0.3 is 5.97 Å². The normalized spacial score (nSPS) is 15.2. The van der Waals surface area contributed by atoms with Gasteiger partial charge < -0.3 is 15.3 Å². The molecule has 0 radical (unpaired) electrons. The lowest BCUT2D eigenvalue weighted by Gasteiger charge is -2.31. The van der Waals surface area contributed by atoms with Crippen LogP contribution < -0.4 is 5.32 Å². The summed E-state index contributed by atoms with van der Waals surface area (Å²) in [7, 11) is 1.74. The molecular formula is C15H32N2O2. The molecule has 0 amide bonds. The summed E-state index contributed by atoms with van der Waals surface area (Å²) in [6, 6.07) is 0.512. The average Bonchev–Trinajstić information content (AvgIpc) is 2.32. The maximum Gasteiger partial charge on any atom is 0.323 e. The Balaban J connectivity index is 4.41. The second kappa shape index (κ2) is 8.54. The molecule has 4 heteroatoms. The summed E-state index contributed by atoms with van der Waals surface area (Å²) >= 11 is 0. The summed E-state index contributed by atoms with van der Waals surface area (Å²) in [5.41, 5.74) is -0.763. The highest BCUT2D eigenvalue weighted by Crippen LogP contribution is 2.18. The number of carbonyl (C=O) groups is 1. The zero-order chi connectivity index (χ0) is 15.1. The highest BCUT2D eigenvalue weighted by atomic mass is 16.4. The van der Waals surface area contributed by atoms with Gasteiger partial charge in [-0.15, -0.1) is 0 Å². The van der Waals surface area contributed by atoms with Gasteiger partial charge in [-0.05, 0) is 52.6 Å². The summed E-state index contributed by atoms with van der Waals surface area (Å²) in [6.45, 7) is 12.8. The predicted octanol–water partition coefficient (Wildman–Crippen LogP) is 2.59. The zero-order valence-electron chi connectivity index (χ0n) is 13.5. The highest BCUT2D eigenvalue weighted by molar-refractivity contribution is 5.78. The Kier molecular flexibility index (Phi) is 8.26. The number of hydrogen-bond acceptors (Lipinski definition) is 3. The fraction of sp³-hybridized carbons (Fsp3) is 0.933. The summed E-state index contributed by atoms with van der Waals surface area (Å²) in [4.78, 5) is 13.8. The van der Waals surface area contributed by atoms with Gasteiger partial charge in [-0.2, -0.15) is 0 Å². The number of hydrogen-bond donors (Lipinski definition) is 2. The van der Waals surface area contributed by atoms with E-state index in [9.17, 15) is 9.90 Å². The van der Waals surface area contributed by atoms with Crippen molar-refractivity contribution in [2.75, 3.05) is 20.1 Å². The third-order valence-corrected chi connectivity index (χ3v) is 3.87. The van der Waals surface area contributed by atoms with Gasteiger partial charge in [0.1, 0.15) is 5.54 Å². The fourth-order valence-electron chi connectivity index (χ4n) is 2.46. The van der Waals surface area contributed by atoms with E-state index in [1.54, 1.807) is 7.05 Å². The third kappa shape index (κ3) is 5.91. The molecule has 0 heterocycles. The van der Waals surface area contributed by atoms with Crippen LogP contribution in [0.3, 0.4) is 0 Å². The minimum absolute atomic E-state index is 0.512.